The van der Waals surface area contributed by atoms with Crippen LogP contribution in [0.1, 0.15) is 24.8 Å². The van der Waals surface area contributed by atoms with Crippen molar-refractivity contribution >= 4 is 15.7 Å². The molecule has 1 unspecified atom stereocenters. The lowest BCUT2D eigenvalue weighted by molar-refractivity contribution is -0.154. The van der Waals surface area contributed by atoms with Crippen molar-refractivity contribution in [3.05, 3.63) is 60.2 Å². The maximum absolute atomic E-state index is 12.4. The molecule has 0 spiro atoms. The number of ether oxygens (including phenoxy) is 2. The zero-order chi connectivity index (χ0) is 19.7. The molecule has 1 aliphatic heterocycles. The molecule has 6 heteroatoms. The van der Waals surface area contributed by atoms with Gasteiger partial charge in [-0.3, -0.25) is 4.72 Å². The van der Waals surface area contributed by atoms with Gasteiger partial charge in [-0.2, -0.15) is 0 Å². The molecule has 1 fully saturated rings. The molecule has 3 rings (SSSR count). The fraction of sp³-hybridized carbons (Fsp3) is 0.273. The Kier molecular flexibility index (Phi) is 7.11. The second-order valence-corrected chi connectivity index (χ2v) is 7.84. The van der Waals surface area contributed by atoms with Crippen LogP contribution < -0.4 is 4.72 Å². The Labute approximate surface area is 166 Å². The molecule has 0 radical (unpaired) electrons. The first-order chi connectivity index (χ1) is 13.6. The first-order valence-corrected chi connectivity index (χ1v) is 10.5. The highest BCUT2D eigenvalue weighted by molar-refractivity contribution is 7.92. The lowest BCUT2D eigenvalue weighted by atomic mass is 10.2. The van der Waals surface area contributed by atoms with E-state index in [1.165, 1.54) is 0 Å². The molecule has 144 valence electrons. The summed E-state index contributed by atoms with van der Waals surface area (Å²) >= 11 is 0. The van der Waals surface area contributed by atoms with Gasteiger partial charge in [-0.25, -0.2) is 8.42 Å². The molecule has 1 heterocycles. The van der Waals surface area contributed by atoms with Crippen LogP contribution in [-0.4, -0.2) is 27.9 Å². The number of anilines is 1. The minimum Gasteiger partial charge on any atom is -0.353 e. The lowest BCUT2D eigenvalue weighted by Crippen LogP contribution is -2.22. The Morgan fingerprint density at radius 3 is 2.71 bits per heavy atom. The fourth-order valence-electron chi connectivity index (χ4n) is 2.64. The molecule has 1 N–H and O–H groups in total. The summed E-state index contributed by atoms with van der Waals surface area (Å²) in [4.78, 5) is 0.208. The average Bonchev–Trinajstić information content (AvgIpc) is 2.72. The van der Waals surface area contributed by atoms with E-state index >= 15 is 0 Å². The van der Waals surface area contributed by atoms with Gasteiger partial charge in [0.2, 0.25) is 0 Å². The van der Waals surface area contributed by atoms with E-state index in [-0.39, 0.29) is 17.8 Å². The molecule has 0 aromatic heterocycles. The maximum atomic E-state index is 12.4. The van der Waals surface area contributed by atoms with E-state index < -0.39 is 10.0 Å². The SMILES string of the molecule is O=S(=O)(Nc1cccc(C#CC#CCOC2CCCCO2)c1)c1ccccc1. The van der Waals surface area contributed by atoms with Crippen LogP contribution in [0.25, 0.3) is 0 Å². The van der Waals surface area contributed by atoms with Crippen molar-refractivity contribution in [2.45, 2.75) is 30.4 Å². The van der Waals surface area contributed by atoms with Gasteiger partial charge in [-0.05, 0) is 61.4 Å². The minimum atomic E-state index is -3.63. The summed E-state index contributed by atoms with van der Waals surface area (Å²) < 4.78 is 38.3. The molecule has 1 saturated heterocycles. The van der Waals surface area contributed by atoms with E-state index in [9.17, 15) is 8.42 Å². The topological polar surface area (TPSA) is 64.6 Å². The minimum absolute atomic E-state index is 0.162. The normalized spacial score (nSPS) is 16.2. The Morgan fingerprint density at radius 1 is 1.07 bits per heavy atom. The van der Waals surface area contributed by atoms with Crippen molar-refractivity contribution in [3.8, 4) is 23.7 Å². The second-order valence-electron chi connectivity index (χ2n) is 6.16. The van der Waals surface area contributed by atoms with Gasteiger partial charge < -0.3 is 9.47 Å². The number of benzene rings is 2. The van der Waals surface area contributed by atoms with Gasteiger partial charge in [-0.15, -0.1) is 0 Å². The number of sulfonamides is 1. The summed E-state index contributed by atoms with van der Waals surface area (Å²) in [7, 11) is -3.63. The largest absolute Gasteiger partial charge is 0.353 e. The van der Waals surface area contributed by atoms with E-state index in [2.05, 4.69) is 28.4 Å². The highest BCUT2D eigenvalue weighted by Gasteiger charge is 2.13. The summed E-state index contributed by atoms with van der Waals surface area (Å²) in [6, 6.07) is 15.1. The van der Waals surface area contributed by atoms with Crippen LogP contribution in [-0.2, 0) is 19.5 Å². The Balaban J connectivity index is 1.57. The maximum Gasteiger partial charge on any atom is 0.261 e. The molecule has 1 atom stereocenters. The van der Waals surface area contributed by atoms with Crippen LogP contribution in [0.4, 0.5) is 5.69 Å². The molecule has 0 amide bonds. The molecule has 0 saturated carbocycles. The Morgan fingerprint density at radius 2 is 1.93 bits per heavy atom. The molecule has 28 heavy (non-hydrogen) atoms. The van der Waals surface area contributed by atoms with Crippen LogP contribution in [0, 0.1) is 23.7 Å². The molecule has 1 aliphatic rings. The summed E-state index contributed by atoms with van der Waals surface area (Å²) in [5, 5.41) is 0. The average molecular weight is 395 g/mol. The zero-order valence-corrected chi connectivity index (χ0v) is 16.2. The van der Waals surface area contributed by atoms with Crippen LogP contribution in [0.2, 0.25) is 0 Å². The standard InChI is InChI=1S/C22H21NO4S/c24-28(25,21-13-4-1-5-14-21)23-20-12-9-11-19(18-20)10-3-2-7-16-26-22-15-6-8-17-27-22/h1,4-5,9,11-14,18,22-23H,6,8,15-17H2. The lowest BCUT2D eigenvalue weighted by Gasteiger charge is -2.21. The van der Waals surface area contributed by atoms with Crippen molar-refractivity contribution in [1.82, 2.24) is 0 Å². The number of nitrogens with one attached hydrogen (secondary N) is 1. The molecular formula is C22H21NO4S. The van der Waals surface area contributed by atoms with Crippen molar-refractivity contribution in [3.63, 3.8) is 0 Å². The van der Waals surface area contributed by atoms with E-state index in [1.54, 1.807) is 54.6 Å². The van der Waals surface area contributed by atoms with Gasteiger partial charge in [-0.1, -0.05) is 36.1 Å². The summed E-state index contributed by atoms with van der Waals surface area (Å²) in [5.41, 5.74) is 1.11. The van der Waals surface area contributed by atoms with E-state index in [0.717, 1.165) is 25.9 Å². The zero-order valence-electron chi connectivity index (χ0n) is 15.4. The van der Waals surface area contributed by atoms with Gasteiger partial charge in [0.05, 0.1) is 10.6 Å². The highest BCUT2D eigenvalue weighted by Crippen LogP contribution is 2.16. The second kappa shape index (κ2) is 9.96. The van der Waals surface area contributed by atoms with Gasteiger partial charge >= 0.3 is 0 Å². The first kappa shape index (κ1) is 20.0. The first-order valence-electron chi connectivity index (χ1n) is 9.03. The van der Waals surface area contributed by atoms with Gasteiger partial charge in [0.1, 0.15) is 6.61 Å². The Hall–Kier alpha value is -2.77. The van der Waals surface area contributed by atoms with Crippen molar-refractivity contribution < 1.29 is 17.9 Å². The van der Waals surface area contributed by atoms with E-state index in [0.29, 0.717) is 11.3 Å². The van der Waals surface area contributed by atoms with Crippen molar-refractivity contribution in [2.24, 2.45) is 0 Å². The fourth-order valence-corrected chi connectivity index (χ4v) is 3.71. The Bertz CT molecular complexity index is 1000. The molecule has 5 nitrogen and oxygen atoms in total. The highest BCUT2D eigenvalue weighted by atomic mass is 32.2. The van der Waals surface area contributed by atoms with Gasteiger partial charge in [0, 0.05) is 12.2 Å². The van der Waals surface area contributed by atoms with Crippen molar-refractivity contribution in [2.75, 3.05) is 17.9 Å². The van der Waals surface area contributed by atoms with Gasteiger partial charge in [0.15, 0.2) is 6.29 Å². The third kappa shape index (κ3) is 6.14. The van der Waals surface area contributed by atoms with E-state index in [4.69, 9.17) is 9.47 Å². The molecule has 2 aromatic carbocycles. The predicted octanol–water partition coefficient (Wildman–Crippen LogP) is 3.39. The predicted molar refractivity (Wildman–Crippen MR) is 108 cm³/mol. The number of rotatable bonds is 5. The van der Waals surface area contributed by atoms with E-state index in [1.807, 2.05) is 0 Å². The van der Waals surface area contributed by atoms with Crippen molar-refractivity contribution in [1.29, 1.82) is 0 Å². The quantitative estimate of drug-likeness (QED) is 0.789. The number of hydrogen-bond donors (Lipinski definition) is 1. The summed E-state index contributed by atoms with van der Waals surface area (Å²) in [6.07, 6.45) is 2.93. The van der Waals surface area contributed by atoms with Gasteiger partial charge in [0.25, 0.3) is 10.0 Å². The van der Waals surface area contributed by atoms with Crippen LogP contribution in [0.3, 0.4) is 0 Å². The monoisotopic (exact) mass is 395 g/mol. The smallest absolute Gasteiger partial charge is 0.261 e. The van der Waals surface area contributed by atoms with Crippen LogP contribution in [0.15, 0.2) is 59.5 Å². The number of hydrogen-bond acceptors (Lipinski definition) is 4. The summed E-state index contributed by atoms with van der Waals surface area (Å²) in [6.45, 7) is 1.01. The molecule has 0 aliphatic carbocycles. The third-order valence-electron chi connectivity index (χ3n) is 4.01. The van der Waals surface area contributed by atoms with Crippen LogP contribution in [0.5, 0.6) is 0 Å². The third-order valence-corrected chi connectivity index (χ3v) is 5.40. The summed E-state index contributed by atoms with van der Waals surface area (Å²) in [5.74, 6) is 11.2. The molecule has 0 bridgehead atoms. The van der Waals surface area contributed by atoms with Crippen LogP contribution >= 0.6 is 0 Å². The molecule has 2 aromatic rings. The molecular weight excluding hydrogens is 374 g/mol.